The van der Waals surface area contributed by atoms with Gasteiger partial charge in [-0.3, -0.25) is 0 Å². The second-order valence-corrected chi connectivity index (χ2v) is 5.12. The standard InChI is InChI=1S/C11H9Cl2FN4S/c1-19-11-16-8(15)4-9(18-11)17-10-6(12)2-5(14)3-7(10)13/h2-4H,1H3,(H3,15,16,17,18). The van der Waals surface area contributed by atoms with E-state index in [1.165, 1.54) is 17.8 Å². The van der Waals surface area contributed by atoms with E-state index in [1.54, 1.807) is 0 Å². The first kappa shape index (κ1) is 14.2. The number of aromatic nitrogens is 2. The monoisotopic (exact) mass is 318 g/mol. The molecular weight excluding hydrogens is 310 g/mol. The predicted molar refractivity (Wildman–Crippen MR) is 77.9 cm³/mol. The molecule has 8 heteroatoms. The number of benzene rings is 1. The Bertz CT molecular complexity index is 601. The van der Waals surface area contributed by atoms with E-state index >= 15 is 0 Å². The first-order valence-corrected chi connectivity index (χ1v) is 7.08. The summed E-state index contributed by atoms with van der Waals surface area (Å²) in [6, 6.07) is 3.86. The second-order valence-electron chi connectivity index (χ2n) is 3.53. The smallest absolute Gasteiger partial charge is 0.191 e. The minimum absolute atomic E-state index is 0.160. The quantitative estimate of drug-likeness (QED) is 0.662. The molecule has 0 spiro atoms. The molecule has 0 radical (unpaired) electrons. The summed E-state index contributed by atoms with van der Waals surface area (Å²) in [5.74, 6) is 0.246. The van der Waals surface area contributed by atoms with E-state index in [0.29, 0.717) is 22.5 Å². The van der Waals surface area contributed by atoms with Crippen molar-refractivity contribution in [1.82, 2.24) is 9.97 Å². The van der Waals surface area contributed by atoms with Gasteiger partial charge >= 0.3 is 0 Å². The van der Waals surface area contributed by atoms with Gasteiger partial charge in [0, 0.05) is 6.07 Å². The summed E-state index contributed by atoms with van der Waals surface area (Å²) in [7, 11) is 0. The lowest BCUT2D eigenvalue weighted by molar-refractivity contribution is 0.628. The maximum absolute atomic E-state index is 13.1. The first-order valence-electron chi connectivity index (χ1n) is 5.09. The van der Waals surface area contributed by atoms with Gasteiger partial charge in [0.1, 0.15) is 17.5 Å². The Morgan fingerprint density at radius 1 is 1.21 bits per heavy atom. The van der Waals surface area contributed by atoms with E-state index in [1.807, 2.05) is 6.26 Å². The van der Waals surface area contributed by atoms with Gasteiger partial charge in [0.15, 0.2) is 5.16 Å². The fraction of sp³-hybridized carbons (Fsp3) is 0.0909. The average molecular weight is 319 g/mol. The molecule has 4 nitrogen and oxygen atoms in total. The highest BCUT2D eigenvalue weighted by atomic mass is 35.5. The SMILES string of the molecule is CSc1nc(N)cc(Nc2c(Cl)cc(F)cc2Cl)n1. The number of halogens is 3. The molecule has 19 heavy (non-hydrogen) atoms. The summed E-state index contributed by atoms with van der Waals surface area (Å²) in [6.45, 7) is 0. The van der Waals surface area contributed by atoms with Gasteiger partial charge in [0.05, 0.1) is 15.7 Å². The molecule has 0 amide bonds. The Morgan fingerprint density at radius 2 is 1.84 bits per heavy atom. The Hall–Kier alpha value is -1.24. The molecule has 3 N–H and O–H groups in total. The maximum Gasteiger partial charge on any atom is 0.191 e. The number of nitrogen functional groups attached to an aromatic ring is 1. The average Bonchev–Trinajstić information content (AvgIpc) is 2.33. The van der Waals surface area contributed by atoms with Gasteiger partial charge in [0.2, 0.25) is 0 Å². The number of hydrogen-bond acceptors (Lipinski definition) is 5. The third-order valence-electron chi connectivity index (χ3n) is 2.17. The van der Waals surface area contributed by atoms with E-state index in [4.69, 9.17) is 28.9 Å². The van der Waals surface area contributed by atoms with Gasteiger partial charge in [-0.15, -0.1) is 0 Å². The van der Waals surface area contributed by atoms with Gasteiger partial charge in [-0.2, -0.15) is 0 Å². The molecule has 0 aliphatic carbocycles. The van der Waals surface area contributed by atoms with Crippen LogP contribution in [0, 0.1) is 5.82 Å². The summed E-state index contributed by atoms with van der Waals surface area (Å²) in [4.78, 5) is 8.22. The van der Waals surface area contributed by atoms with Crippen LogP contribution in [0.4, 0.5) is 21.7 Å². The van der Waals surface area contributed by atoms with E-state index in [2.05, 4.69) is 15.3 Å². The predicted octanol–water partition coefficient (Wildman–Crippen LogP) is 3.97. The van der Waals surface area contributed by atoms with Crippen LogP contribution >= 0.6 is 35.0 Å². The second kappa shape index (κ2) is 5.81. The minimum Gasteiger partial charge on any atom is -0.383 e. The van der Waals surface area contributed by atoms with Crippen LogP contribution in [0.1, 0.15) is 0 Å². The van der Waals surface area contributed by atoms with Crippen molar-refractivity contribution in [3.8, 4) is 0 Å². The van der Waals surface area contributed by atoms with E-state index in [9.17, 15) is 4.39 Å². The number of nitrogens with one attached hydrogen (secondary N) is 1. The highest BCUT2D eigenvalue weighted by Crippen LogP contribution is 2.33. The fourth-order valence-electron chi connectivity index (χ4n) is 1.39. The molecule has 0 atom stereocenters. The number of nitrogens with two attached hydrogens (primary N) is 1. The number of thioether (sulfide) groups is 1. The third-order valence-corrected chi connectivity index (χ3v) is 3.31. The van der Waals surface area contributed by atoms with Crippen molar-refractivity contribution in [2.45, 2.75) is 5.16 Å². The van der Waals surface area contributed by atoms with Crippen molar-refractivity contribution >= 4 is 52.3 Å². The van der Waals surface area contributed by atoms with Crippen LogP contribution in [0.25, 0.3) is 0 Å². The van der Waals surface area contributed by atoms with Crippen molar-refractivity contribution in [3.05, 3.63) is 34.1 Å². The molecule has 2 aromatic rings. The Labute approximate surface area is 123 Å². The lowest BCUT2D eigenvalue weighted by Crippen LogP contribution is -2.01. The number of nitrogens with zero attached hydrogens (tertiary/aromatic N) is 2. The van der Waals surface area contributed by atoms with Gasteiger partial charge in [-0.25, -0.2) is 14.4 Å². The molecule has 0 fully saturated rings. The highest BCUT2D eigenvalue weighted by Gasteiger charge is 2.10. The zero-order valence-corrected chi connectivity index (χ0v) is 12.1. The van der Waals surface area contributed by atoms with Gasteiger partial charge in [0.25, 0.3) is 0 Å². The Kier molecular flexibility index (Phi) is 4.34. The maximum atomic E-state index is 13.1. The van der Waals surface area contributed by atoms with Crippen LogP contribution in [0.15, 0.2) is 23.4 Å². The van der Waals surface area contributed by atoms with Crippen LogP contribution in [0.5, 0.6) is 0 Å². The number of rotatable bonds is 3. The van der Waals surface area contributed by atoms with Crippen molar-refractivity contribution in [2.75, 3.05) is 17.3 Å². The van der Waals surface area contributed by atoms with Crippen molar-refractivity contribution in [1.29, 1.82) is 0 Å². The summed E-state index contributed by atoms with van der Waals surface area (Å²) in [5, 5.41) is 3.74. The molecule has 0 saturated heterocycles. The van der Waals surface area contributed by atoms with Gasteiger partial charge in [-0.05, 0) is 18.4 Å². The Balaban J connectivity index is 2.39. The zero-order chi connectivity index (χ0) is 14.0. The number of anilines is 3. The van der Waals surface area contributed by atoms with E-state index in [-0.39, 0.29) is 10.0 Å². The first-order chi connectivity index (χ1) is 8.99. The molecule has 100 valence electrons. The summed E-state index contributed by atoms with van der Waals surface area (Å²) in [6.07, 6.45) is 1.83. The van der Waals surface area contributed by atoms with Gasteiger partial charge in [-0.1, -0.05) is 35.0 Å². The topological polar surface area (TPSA) is 63.8 Å². The normalized spacial score (nSPS) is 10.5. The highest BCUT2D eigenvalue weighted by molar-refractivity contribution is 7.98. The lowest BCUT2D eigenvalue weighted by atomic mass is 10.3. The summed E-state index contributed by atoms with van der Waals surface area (Å²) in [5.41, 5.74) is 6.03. The fourth-order valence-corrected chi connectivity index (χ4v) is 2.33. The third kappa shape index (κ3) is 3.40. The largest absolute Gasteiger partial charge is 0.383 e. The molecule has 0 unspecified atom stereocenters. The molecule has 2 rings (SSSR count). The van der Waals surface area contributed by atoms with Crippen LogP contribution in [-0.4, -0.2) is 16.2 Å². The Morgan fingerprint density at radius 3 is 2.42 bits per heavy atom. The minimum atomic E-state index is -0.507. The van der Waals surface area contributed by atoms with Crippen LogP contribution < -0.4 is 11.1 Å². The van der Waals surface area contributed by atoms with Gasteiger partial charge < -0.3 is 11.1 Å². The molecule has 0 saturated carbocycles. The summed E-state index contributed by atoms with van der Waals surface area (Å²) < 4.78 is 13.1. The zero-order valence-electron chi connectivity index (χ0n) is 9.75. The molecule has 1 heterocycles. The molecule has 0 bridgehead atoms. The number of hydrogen-bond donors (Lipinski definition) is 2. The summed E-state index contributed by atoms with van der Waals surface area (Å²) >= 11 is 13.2. The lowest BCUT2D eigenvalue weighted by Gasteiger charge is -2.11. The molecule has 0 aliphatic rings. The molecule has 1 aromatic heterocycles. The van der Waals surface area contributed by atoms with Crippen molar-refractivity contribution < 1.29 is 4.39 Å². The van der Waals surface area contributed by atoms with E-state index < -0.39 is 5.82 Å². The van der Waals surface area contributed by atoms with Crippen molar-refractivity contribution in [2.24, 2.45) is 0 Å². The van der Waals surface area contributed by atoms with Crippen LogP contribution in [0.2, 0.25) is 10.0 Å². The van der Waals surface area contributed by atoms with Crippen molar-refractivity contribution in [3.63, 3.8) is 0 Å². The van der Waals surface area contributed by atoms with Crippen LogP contribution in [0.3, 0.4) is 0 Å². The van der Waals surface area contributed by atoms with Crippen LogP contribution in [-0.2, 0) is 0 Å². The molecular formula is C11H9Cl2FN4S. The van der Waals surface area contributed by atoms with E-state index in [0.717, 1.165) is 12.1 Å². The molecule has 0 aliphatic heterocycles. The molecule has 1 aromatic carbocycles.